The van der Waals surface area contributed by atoms with Gasteiger partial charge in [-0.1, -0.05) is 42.5 Å². The van der Waals surface area contributed by atoms with Crippen molar-refractivity contribution >= 4 is 33.1 Å². The normalized spacial score (nSPS) is 11.6. The van der Waals surface area contributed by atoms with Gasteiger partial charge in [-0.15, -0.1) is 11.3 Å². The molecule has 0 aliphatic carbocycles. The number of para-hydroxylation sites is 1. The molecule has 0 saturated heterocycles. The number of benzene rings is 2. The minimum absolute atomic E-state index is 0.387. The summed E-state index contributed by atoms with van der Waals surface area (Å²) >= 11 is 1.45. The van der Waals surface area contributed by atoms with Crippen LogP contribution < -0.4 is 15.8 Å². The zero-order chi connectivity index (χ0) is 20.2. The van der Waals surface area contributed by atoms with Gasteiger partial charge >= 0.3 is 5.63 Å². The molecule has 0 atom stereocenters. The van der Waals surface area contributed by atoms with Crippen LogP contribution in [0.2, 0.25) is 0 Å². The predicted octanol–water partition coefficient (Wildman–Crippen LogP) is 5.15. The number of hydrogen-bond acceptors (Lipinski definition) is 7. The minimum Gasteiger partial charge on any atom is -0.490 e. The van der Waals surface area contributed by atoms with Gasteiger partial charge in [-0.3, -0.25) is 5.43 Å². The van der Waals surface area contributed by atoms with Crippen LogP contribution in [0, 0.1) is 0 Å². The highest BCUT2D eigenvalue weighted by molar-refractivity contribution is 7.14. The second-order valence-electron chi connectivity index (χ2n) is 6.27. The van der Waals surface area contributed by atoms with Gasteiger partial charge in [0.05, 0.1) is 23.6 Å². The van der Waals surface area contributed by atoms with E-state index in [4.69, 9.17) is 9.15 Å². The summed E-state index contributed by atoms with van der Waals surface area (Å²) in [5.74, 6) is 0.553. The molecule has 2 aromatic heterocycles. The molecule has 0 unspecified atom stereocenters. The van der Waals surface area contributed by atoms with Crippen molar-refractivity contribution in [2.24, 2.45) is 5.10 Å². The van der Waals surface area contributed by atoms with Crippen LogP contribution in [0.5, 0.6) is 5.75 Å². The van der Waals surface area contributed by atoms with Crippen molar-refractivity contribution in [3.8, 4) is 17.0 Å². The Morgan fingerprint density at radius 1 is 1.21 bits per heavy atom. The lowest BCUT2D eigenvalue weighted by Gasteiger charge is -2.07. The fourth-order valence-electron chi connectivity index (χ4n) is 2.90. The molecule has 0 fully saturated rings. The molecule has 29 heavy (non-hydrogen) atoms. The molecule has 146 valence electrons. The highest BCUT2D eigenvalue weighted by Crippen LogP contribution is 2.26. The number of thiazole rings is 1. The third-order valence-corrected chi connectivity index (χ3v) is 5.05. The molecule has 4 rings (SSSR count). The number of ether oxygens (including phenoxy) is 1. The Morgan fingerprint density at radius 3 is 2.83 bits per heavy atom. The maximum atomic E-state index is 12.5. The van der Waals surface area contributed by atoms with Gasteiger partial charge in [0, 0.05) is 16.3 Å². The van der Waals surface area contributed by atoms with Crippen LogP contribution in [0.3, 0.4) is 0 Å². The van der Waals surface area contributed by atoms with Gasteiger partial charge in [0.1, 0.15) is 0 Å². The number of nitrogens with zero attached hydrogens (tertiary/aromatic N) is 2. The first-order chi connectivity index (χ1) is 14.2. The van der Waals surface area contributed by atoms with Crippen LogP contribution in [0.25, 0.3) is 22.2 Å². The second kappa shape index (κ2) is 8.28. The Bertz CT molecular complexity index is 1230. The third kappa shape index (κ3) is 4.05. The maximum Gasteiger partial charge on any atom is 0.345 e. The summed E-state index contributed by atoms with van der Waals surface area (Å²) in [6.45, 7) is 4.13. The van der Waals surface area contributed by atoms with Crippen LogP contribution >= 0.6 is 11.3 Å². The highest BCUT2D eigenvalue weighted by Gasteiger charge is 2.12. The molecule has 0 bridgehead atoms. The quantitative estimate of drug-likeness (QED) is 0.273. The molecule has 0 amide bonds. The summed E-state index contributed by atoms with van der Waals surface area (Å²) in [5, 5.41) is 7.71. The molecule has 0 saturated carbocycles. The second-order valence-corrected chi connectivity index (χ2v) is 7.13. The van der Waals surface area contributed by atoms with Crippen molar-refractivity contribution in [2.75, 3.05) is 12.0 Å². The molecule has 7 heteroatoms. The van der Waals surface area contributed by atoms with Crippen LogP contribution in [0.1, 0.15) is 19.4 Å². The van der Waals surface area contributed by atoms with Crippen molar-refractivity contribution in [1.82, 2.24) is 4.98 Å². The van der Waals surface area contributed by atoms with Crippen molar-refractivity contribution < 1.29 is 9.15 Å². The molecule has 0 radical (unpaired) electrons. The van der Waals surface area contributed by atoms with E-state index in [0.717, 1.165) is 16.6 Å². The minimum atomic E-state index is -0.461. The SMILES string of the molecule is CCOc1cccc2cc(/C(C)=N/Nc3nc(-c4ccccc4)cs3)c(=O)oc12. The highest BCUT2D eigenvalue weighted by atomic mass is 32.1. The Kier molecular flexibility index (Phi) is 5.39. The first-order valence-electron chi connectivity index (χ1n) is 9.17. The Balaban J connectivity index is 1.59. The van der Waals surface area contributed by atoms with Crippen LogP contribution in [-0.2, 0) is 0 Å². The maximum absolute atomic E-state index is 12.5. The van der Waals surface area contributed by atoms with Gasteiger partial charge < -0.3 is 9.15 Å². The first-order valence-corrected chi connectivity index (χ1v) is 10.0. The molecule has 0 spiro atoms. The first kappa shape index (κ1) is 18.9. The van der Waals surface area contributed by atoms with E-state index in [1.165, 1.54) is 11.3 Å². The largest absolute Gasteiger partial charge is 0.490 e. The lowest BCUT2D eigenvalue weighted by molar-refractivity contribution is 0.337. The van der Waals surface area contributed by atoms with Crippen LogP contribution in [0.4, 0.5) is 5.13 Å². The van der Waals surface area contributed by atoms with E-state index in [1.54, 1.807) is 19.1 Å². The number of hydrazone groups is 1. The summed E-state index contributed by atoms with van der Waals surface area (Å²) in [4.78, 5) is 17.0. The zero-order valence-corrected chi connectivity index (χ0v) is 16.8. The monoisotopic (exact) mass is 405 g/mol. The van der Waals surface area contributed by atoms with Gasteiger partial charge in [-0.05, 0) is 26.0 Å². The summed E-state index contributed by atoms with van der Waals surface area (Å²) in [6, 6.07) is 17.2. The van der Waals surface area contributed by atoms with Crippen molar-refractivity contribution in [3.63, 3.8) is 0 Å². The number of hydrogen-bond donors (Lipinski definition) is 1. The molecular weight excluding hydrogens is 386 g/mol. The van der Waals surface area contributed by atoms with E-state index in [0.29, 0.717) is 34.3 Å². The molecule has 4 aromatic rings. The van der Waals surface area contributed by atoms with E-state index >= 15 is 0 Å². The molecular formula is C22H19N3O3S. The third-order valence-electron chi connectivity index (χ3n) is 4.31. The van der Waals surface area contributed by atoms with Gasteiger partial charge in [-0.2, -0.15) is 5.10 Å². The average Bonchev–Trinajstić information content (AvgIpc) is 3.22. The van der Waals surface area contributed by atoms with E-state index in [1.807, 2.05) is 54.8 Å². The summed E-state index contributed by atoms with van der Waals surface area (Å²) in [7, 11) is 0. The number of aromatic nitrogens is 1. The van der Waals surface area contributed by atoms with Crippen molar-refractivity contribution in [3.05, 3.63) is 76.0 Å². The van der Waals surface area contributed by atoms with Crippen molar-refractivity contribution in [1.29, 1.82) is 0 Å². The van der Waals surface area contributed by atoms with Crippen molar-refractivity contribution in [2.45, 2.75) is 13.8 Å². The Labute approximate surface area is 171 Å². The van der Waals surface area contributed by atoms with Gasteiger partial charge in [0.15, 0.2) is 11.3 Å². The topological polar surface area (TPSA) is 76.7 Å². The number of anilines is 1. The summed E-state index contributed by atoms with van der Waals surface area (Å²) in [6.07, 6.45) is 0. The van der Waals surface area contributed by atoms with Gasteiger partial charge in [0.2, 0.25) is 5.13 Å². The van der Waals surface area contributed by atoms with E-state index in [9.17, 15) is 4.79 Å². The zero-order valence-electron chi connectivity index (χ0n) is 16.0. The summed E-state index contributed by atoms with van der Waals surface area (Å²) < 4.78 is 11.0. The van der Waals surface area contributed by atoms with E-state index in [2.05, 4.69) is 15.5 Å². The van der Waals surface area contributed by atoms with Gasteiger partial charge in [-0.25, -0.2) is 9.78 Å². The smallest absolute Gasteiger partial charge is 0.345 e. The standard InChI is InChI=1S/C22H19N3O3S/c1-3-27-19-11-7-10-16-12-17(21(26)28-20(16)19)14(2)24-25-22-23-18(13-29-22)15-8-5-4-6-9-15/h4-13H,3H2,1-2H3,(H,23,25)/b24-14+. The predicted molar refractivity (Wildman–Crippen MR) is 117 cm³/mol. The fourth-order valence-corrected chi connectivity index (χ4v) is 3.56. The Hall–Kier alpha value is -3.45. The number of fused-ring (bicyclic) bond motifs is 1. The van der Waals surface area contributed by atoms with E-state index < -0.39 is 5.63 Å². The molecule has 0 aliphatic heterocycles. The molecule has 6 nitrogen and oxygen atoms in total. The molecule has 1 N–H and O–H groups in total. The van der Waals surface area contributed by atoms with Crippen LogP contribution in [0.15, 0.2) is 74.3 Å². The van der Waals surface area contributed by atoms with Gasteiger partial charge in [0.25, 0.3) is 0 Å². The fraction of sp³-hybridized carbons (Fsp3) is 0.136. The lowest BCUT2D eigenvalue weighted by atomic mass is 10.1. The molecule has 2 aromatic carbocycles. The average molecular weight is 405 g/mol. The van der Waals surface area contributed by atoms with E-state index in [-0.39, 0.29) is 0 Å². The Morgan fingerprint density at radius 2 is 2.03 bits per heavy atom. The lowest BCUT2D eigenvalue weighted by Crippen LogP contribution is -2.13. The molecule has 2 heterocycles. The summed E-state index contributed by atoms with van der Waals surface area (Å²) in [5.41, 5.74) is 5.72. The van der Waals surface area contributed by atoms with Crippen LogP contribution in [-0.4, -0.2) is 17.3 Å². The number of rotatable bonds is 6. The number of nitrogens with one attached hydrogen (secondary N) is 1. The molecule has 0 aliphatic rings.